The van der Waals surface area contributed by atoms with E-state index in [0.29, 0.717) is 0 Å². The molecule has 0 radical (unpaired) electrons. The molecule has 0 bridgehead atoms. The molecular formula is C18H28N2O2. The second-order valence-electron chi connectivity index (χ2n) is 7.34. The molecule has 4 heteroatoms. The fraction of sp³-hybridized carbons (Fsp3) is 0.722. The summed E-state index contributed by atoms with van der Waals surface area (Å²) < 4.78 is 1.97. The van der Waals surface area contributed by atoms with Crippen molar-refractivity contribution in [3.05, 3.63) is 23.5 Å². The predicted octanol–water partition coefficient (Wildman–Crippen LogP) is 2.88. The second-order valence-corrected chi connectivity index (χ2v) is 7.34. The number of rotatable bonds is 2. The van der Waals surface area contributed by atoms with Crippen LogP contribution >= 0.6 is 0 Å². The van der Waals surface area contributed by atoms with E-state index in [0.717, 1.165) is 50.0 Å². The molecule has 1 aromatic heterocycles. The molecule has 2 heterocycles. The van der Waals surface area contributed by atoms with Gasteiger partial charge in [-0.2, -0.15) is 0 Å². The largest absolute Gasteiger partial charge is 0.390 e. The van der Waals surface area contributed by atoms with Gasteiger partial charge in [0.2, 0.25) is 0 Å². The lowest BCUT2D eigenvalue weighted by atomic mass is 9.72. The van der Waals surface area contributed by atoms with Gasteiger partial charge in [0.15, 0.2) is 0 Å². The molecule has 1 saturated heterocycles. The van der Waals surface area contributed by atoms with Gasteiger partial charge in [0, 0.05) is 31.2 Å². The molecule has 0 aromatic carbocycles. The van der Waals surface area contributed by atoms with Crippen LogP contribution in [0, 0.1) is 12.8 Å². The number of carbonyl (C=O) groups is 1. The van der Waals surface area contributed by atoms with Crippen molar-refractivity contribution in [2.45, 2.75) is 64.0 Å². The van der Waals surface area contributed by atoms with Crippen molar-refractivity contribution < 1.29 is 9.90 Å². The van der Waals surface area contributed by atoms with Crippen LogP contribution in [0.5, 0.6) is 0 Å². The number of carbonyl (C=O) groups excluding carboxylic acids is 1. The van der Waals surface area contributed by atoms with Crippen LogP contribution < -0.4 is 0 Å². The maximum absolute atomic E-state index is 13.0. The zero-order valence-corrected chi connectivity index (χ0v) is 14.0. The Balaban J connectivity index is 1.84. The van der Waals surface area contributed by atoms with E-state index < -0.39 is 5.60 Å². The molecule has 3 unspecified atom stereocenters. The molecule has 3 rings (SSSR count). The van der Waals surface area contributed by atoms with E-state index in [1.807, 2.05) is 42.5 Å². The maximum Gasteiger partial charge on any atom is 0.270 e. The van der Waals surface area contributed by atoms with Crippen LogP contribution in [0.4, 0.5) is 0 Å². The average Bonchev–Trinajstić information content (AvgIpc) is 3.06. The molecule has 3 atom stereocenters. The number of aryl methyl sites for hydroxylation is 1. The van der Waals surface area contributed by atoms with E-state index in [-0.39, 0.29) is 17.9 Å². The number of aromatic nitrogens is 1. The van der Waals surface area contributed by atoms with Gasteiger partial charge < -0.3 is 14.6 Å². The standard InChI is InChI=1S/C18H28N2O2/c1-13-9-10-16(19(13)3)17(21)20-12-6-8-15(20)14-7-4-5-11-18(14,2)22/h9-10,14-15,22H,4-8,11-12H2,1-3H3. The first kappa shape index (κ1) is 15.6. The molecule has 0 spiro atoms. The van der Waals surface area contributed by atoms with Crippen LogP contribution in [0.15, 0.2) is 12.1 Å². The van der Waals surface area contributed by atoms with E-state index in [1.165, 1.54) is 6.42 Å². The fourth-order valence-corrected chi connectivity index (χ4v) is 4.39. The number of likely N-dealkylation sites (tertiary alicyclic amines) is 1. The maximum atomic E-state index is 13.0. The molecule has 1 aliphatic carbocycles. The minimum atomic E-state index is -0.629. The van der Waals surface area contributed by atoms with Crippen LogP contribution in [0.2, 0.25) is 0 Å². The lowest BCUT2D eigenvalue weighted by molar-refractivity contribution is -0.0578. The monoisotopic (exact) mass is 304 g/mol. The molecule has 2 fully saturated rings. The van der Waals surface area contributed by atoms with Crippen molar-refractivity contribution in [3.63, 3.8) is 0 Å². The molecule has 4 nitrogen and oxygen atoms in total. The summed E-state index contributed by atoms with van der Waals surface area (Å²) in [6.07, 6.45) is 6.24. The zero-order valence-electron chi connectivity index (χ0n) is 14.0. The Morgan fingerprint density at radius 1 is 1.27 bits per heavy atom. The smallest absolute Gasteiger partial charge is 0.270 e. The SMILES string of the molecule is Cc1ccc(C(=O)N2CCCC2C2CCCCC2(C)O)n1C. The second kappa shape index (κ2) is 5.73. The summed E-state index contributed by atoms with van der Waals surface area (Å²) in [7, 11) is 1.95. The Bertz CT molecular complexity index is 561. The average molecular weight is 304 g/mol. The van der Waals surface area contributed by atoms with E-state index in [2.05, 4.69) is 0 Å². The van der Waals surface area contributed by atoms with E-state index in [9.17, 15) is 9.90 Å². The summed E-state index contributed by atoms with van der Waals surface area (Å²) in [4.78, 5) is 15.0. The quantitative estimate of drug-likeness (QED) is 0.913. The number of aliphatic hydroxyl groups is 1. The zero-order chi connectivity index (χ0) is 15.9. The van der Waals surface area contributed by atoms with Gasteiger partial charge in [0.05, 0.1) is 5.60 Å². The minimum Gasteiger partial charge on any atom is -0.390 e. The number of hydrogen-bond donors (Lipinski definition) is 1. The highest BCUT2D eigenvalue weighted by molar-refractivity contribution is 5.93. The van der Waals surface area contributed by atoms with Gasteiger partial charge in [0.25, 0.3) is 5.91 Å². The molecule has 122 valence electrons. The summed E-state index contributed by atoms with van der Waals surface area (Å²) in [6, 6.07) is 4.11. The van der Waals surface area contributed by atoms with Crippen molar-refractivity contribution in [1.29, 1.82) is 0 Å². The fourth-order valence-electron chi connectivity index (χ4n) is 4.39. The van der Waals surface area contributed by atoms with E-state index in [1.54, 1.807) is 0 Å². The van der Waals surface area contributed by atoms with Gasteiger partial charge in [-0.05, 0) is 51.7 Å². The van der Waals surface area contributed by atoms with Crippen LogP contribution in [-0.2, 0) is 7.05 Å². The molecule has 2 aliphatic rings. The molecule has 22 heavy (non-hydrogen) atoms. The third-order valence-corrected chi connectivity index (χ3v) is 5.86. The molecule has 1 aliphatic heterocycles. The van der Waals surface area contributed by atoms with Gasteiger partial charge in [-0.1, -0.05) is 12.8 Å². The summed E-state index contributed by atoms with van der Waals surface area (Å²) in [5.41, 5.74) is 1.24. The summed E-state index contributed by atoms with van der Waals surface area (Å²) in [5, 5.41) is 10.8. The van der Waals surface area contributed by atoms with E-state index >= 15 is 0 Å². The Kier molecular flexibility index (Phi) is 4.06. The molecule has 1 amide bonds. The van der Waals surface area contributed by atoms with Crippen molar-refractivity contribution in [2.24, 2.45) is 13.0 Å². The predicted molar refractivity (Wildman–Crippen MR) is 86.8 cm³/mol. The Morgan fingerprint density at radius 2 is 2.05 bits per heavy atom. The van der Waals surface area contributed by atoms with Gasteiger partial charge in [0.1, 0.15) is 5.69 Å². The first-order valence-electron chi connectivity index (χ1n) is 8.57. The normalized spacial score (nSPS) is 32.5. The Labute approximate surface area is 133 Å². The lowest BCUT2D eigenvalue weighted by Gasteiger charge is -2.43. The highest BCUT2D eigenvalue weighted by Gasteiger charge is 2.45. The minimum absolute atomic E-state index is 0.125. The van der Waals surface area contributed by atoms with Crippen LogP contribution in [0.3, 0.4) is 0 Å². The Morgan fingerprint density at radius 3 is 2.68 bits per heavy atom. The first-order chi connectivity index (χ1) is 10.4. The third-order valence-electron chi connectivity index (χ3n) is 5.86. The van der Waals surface area contributed by atoms with Gasteiger partial charge >= 0.3 is 0 Å². The lowest BCUT2D eigenvalue weighted by Crippen LogP contribution is -2.50. The third kappa shape index (κ3) is 2.58. The van der Waals surface area contributed by atoms with Crippen molar-refractivity contribution in [3.8, 4) is 0 Å². The highest BCUT2D eigenvalue weighted by atomic mass is 16.3. The van der Waals surface area contributed by atoms with E-state index in [4.69, 9.17) is 0 Å². The molecule has 1 saturated carbocycles. The highest BCUT2D eigenvalue weighted by Crippen LogP contribution is 2.41. The molecular weight excluding hydrogens is 276 g/mol. The van der Waals surface area contributed by atoms with Crippen molar-refractivity contribution in [2.75, 3.05) is 6.54 Å². The van der Waals surface area contributed by atoms with Crippen LogP contribution in [-0.4, -0.2) is 38.7 Å². The molecule has 1 N–H and O–H groups in total. The number of hydrogen-bond acceptors (Lipinski definition) is 2. The first-order valence-corrected chi connectivity index (χ1v) is 8.57. The van der Waals surface area contributed by atoms with Crippen molar-refractivity contribution in [1.82, 2.24) is 9.47 Å². The van der Waals surface area contributed by atoms with Gasteiger partial charge in [-0.3, -0.25) is 4.79 Å². The summed E-state index contributed by atoms with van der Waals surface area (Å²) in [6.45, 7) is 4.80. The van der Waals surface area contributed by atoms with Crippen LogP contribution in [0.1, 0.15) is 61.6 Å². The van der Waals surface area contributed by atoms with Crippen molar-refractivity contribution >= 4 is 5.91 Å². The summed E-state index contributed by atoms with van der Waals surface area (Å²) >= 11 is 0. The van der Waals surface area contributed by atoms with Crippen LogP contribution in [0.25, 0.3) is 0 Å². The summed E-state index contributed by atoms with van der Waals surface area (Å²) in [5.74, 6) is 0.341. The van der Waals surface area contributed by atoms with Gasteiger partial charge in [-0.25, -0.2) is 0 Å². The molecule has 1 aromatic rings. The Hall–Kier alpha value is -1.29. The van der Waals surface area contributed by atoms with Gasteiger partial charge in [-0.15, -0.1) is 0 Å². The topological polar surface area (TPSA) is 45.5 Å². The number of nitrogens with zero attached hydrogens (tertiary/aromatic N) is 2. The number of amides is 1.